The van der Waals surface area contributed by atoms with Crippen molar-refractivity contribution >= 4 is 12.6 Å². The van der Waals surface area contributed by atoms with E-state index in [2.05, 4.69) is 48.5 Å². The van der Waals surface area contributed by atoms with Crippen LogP contribution in [0.1, 0.15) is 87.5 Å². The molecule has 0 aliphatic heterocycles. The van der Waals surface area contributed by atoms with Gasteiger partial charge in [0.15, 0.2) is 0 Å². The molecule has 1 radical (unpaired) electrons. The summed E-state index contributed by atoms with van der Waals surface area (Å²) in [7, 11) is 0. The summed E-state index contributed by atoms with van der Waals surface area (Å²) in [5.41, 5.74) is 0.583. The third-order valence-electron chi connectivity index (χ3n) is 3.72. The number of carbonyl (C=O) groups excluding carboxylic acids is 2. The Balaban J connectivity index is -0.000000103. The third kappa shape index (κ3) is 29.2. The molecule has 125 valence electrons. The second-order valence-electron chi connectivity index (χ2n) is 6.24. The number of hydrogen-bond acceptors (Lipinski definition) is 2. The molecular formula is C18H36O2Y-2. The standard InChI is InChI=1S/C7H16.C6H8O2.C5H12.Y/c1-5-7(3,4)6-2;1-2-6(5-8)3-4-7;1-4-5(2)3;/h5-6H2,1-4H3;6H,2-3H2,1H3;5H,4H2,1-3H3;/q;-2;;. The van der Waals surface area contributed by atoms with Gasteiger partial charge in [-0.2, -0.15) is 12.3 Å². The Bertz CT molecular complexity index is 207. The van der Waals surface area contributed by atoms with Crippen LogP contribution in [-0.4, -0.2) is 12.6 Å². The number of hydrogen-bond donors (Lipinski definition) is 0. The van der Waals surface area contributed by atoms with E-state index in [-0.39, 0.29) is 45.0 Å². The molecular weight excluding hydrogens is 337 g/mol. The van der Waals surface area contributed by atoms with Gasteiger partial charge in [-0.25, -0.2) is 0 Å². The van der Waals surface area contributed by atoms with Crippen molar-refractivity contribution in [1.29, 1.82) is 0 Å². The molecule has 1 unspecified atom stereocenters. The van der Waals surface area contributed by atoms with Crippen molar-refractivity contribution in [2.45, 2.75) is 87.5 Å². The molecule has 0 bridgehead atoms. The van der Waals surface area contributed by atoms with E-state index in [1.165, 1.54) is 19.3 Å². The van der Waals surface area contributed by atoms with Gasteiger partial charge in [0.05, 0.1) is 0 Å². The maximum atomic E-state index is 9.82. The van der Waals surface area contributed by atoms with Crippen LogP contribution in [0.25, 0.3) is 0 Å². The number of rotatable bonds is 7. The summed E-state index contributed by atoms with van der Waals surface area (Å²) in [4.78, 5) is 19.5. The fraction of sp³-hybridized carbons (Fsp3) is 0.889. The van der Waals surface area contributed by atoms with E-state index in [9.17, 15) is 9.59 Å². The zero-order valence-electron chi connectivity index (χ0n) is 15.6. The second kappa shape index (κ2) is 20.4. The minimum Gasteiger partial charge on any atom is -0.542 e. The minimum absolute atomic E-state index is 0. The Kier molecular flexibility index (Phi) is 28.7. The van der Waals surface area contributed by atoms with E-state index in [0.29, 0.717) is 11.8 Å². The van der Waals surface area contributed by atoms with Gasteiger partial charge in [0.25, 0.3) is 0 Å². The van der Waals surface area contributed by atoms with E-state index in [1.54, 1.807) is 12.6 Å². The van der Waals surface area contributed by atoms with Crippen LogP contribution in [0.15, 0.2) is 0 Å². The summed E-state index contributed by atoms with van der Waals surface area (Å²) in [5.74, 6) is 0.655. The predicted octanol–water partition coefficient (Wildman–Crippen LogP) is 5.50. The molecule has 0 heterocycles. The average Bonchev–Trinajstić information content (AvgIpc) is 2.46. The largest absolute Gasteiger partial charge is 0.542 e. The Labute approximate surface area is 159 Å². The smallest absolute Gasteiger partial charge is 0 e. The van der Waals surface area contributed by atoms with Crippen LogP contribution in [0.5, 0.6) is 0 Å². The summed E-state index contributed by atoms with van der Waals surface area (Å²) in [6.45, 7) is 17.6. The molecule has 1 atom stereocenters. The van der Waals surface area contributed by atoms with E-state index in [4.69, 9.17) is 0 Å². The van der Waals surface area contributed by atoms with Gasteiger partial charge in [-0.1, -0.05) is 81.1 Å². The fourth-order valence-electron chi connectivity index (χ4n) is 0.620. The molecule has 0 aromatic heterocycles. The fourth-order valence-corrected chi connectivity index (χ4v) is 0.620. The van der Waals surface area contributed by atoms with Crippen molar-refractivity contribution in [3.05, 3.63) is 0 Å². The third-order valence-corrected chi connectivity index (χ3v) is 3.72. The van der Waals surface area contributed by atoms with Crippen LogP contribution in [-0.2, 0) is 42.3 Å². The molecule has 0 N–H and O–H groups in total. The minimum atomic E-state index is -0.229. The maximum absolute atomic E-state index is 9.82. The Morgan fingerprint density at radius 1 is 0.905 bits per heavy atom. The van der Waals surface area contributed by atoms with Gasteiger partial charge in [-0.15, -0.1) is 0 Å². The van der Waals surface area contributed by atoms with Crippen LogP contribution in [0.2, 0.25) is 0 Å². The van der Waals surface area contributed by atoms with E-state index < -0.39 is 0 Å². The van der Waals surface area contributed by atoms with Gasteiger partial charge in [-0.3, -0.25) is 12.6 Å². The van der Waals surface area contributed by atoms with Crippen LogP contribution in [0, 0.1) is 17.3 Å². The molecule has 0 fully saturated rings. The van der Waals surface area contributed by atoms with Gasteiger partial charge >= 0.3 is 0 Å². The van der Waals surface area contributed by atoms with Crippen molar-refractivity contribution in [2.24, 2.45) is 17.3 Å². The van der Waals surface area contributed by atoms with Gasteiger partial charge in [0.2, 0.25) is 0 Å². The van der Waals surface area contributed by atoms with Gasteiger partial charge < -0.3 is 9.59 Å². The first-order valence-electron chi connectivity index (χ1n) is 7.97. The maximum Gasteiger partial charge on any atom is 0 e. The van der Waals surface area contributed by atoms with Gasteiger partial charge in [0, 0.05) is 32.7 Å². The molecule has 0 aliphatic rings. The van der Waals surface area contributed by atoms with Gasteiger partial charge in [0.1, 0.15) is 0 Å². The Hall–Kier alpha value is 0.444. The molecule has 3 heteroatoms. The zero-order chi connectivity index (χ0) is 16.6. The molecule has 0 aromatic rings. The van der Waals surface area contributed by atoms with Crippen molar-refractivity contribution in [1.82, 2.24) is 0 Å². The van der Waals surface area contributed by atoms with Crippen molar-refractivity contribution in [3.63, 3.8) is 0 Å². The predicted molar refractivity (Wildman–Crippen MR) is 89.3 cm³/mol. The molecule has 0 spiro atoms. The quantitative estimate of drug-likeness (QED) is 0.552. The molecule has 0 aliphatic carbocycles. The van der Waals surface area contributed by atoms with Gasteiger partial charge in [-0.05, 0) is 11.3 Å². The first kappa shape index (κ1) is 29.5. The van der Waals surface area contributed by atoms with E-state index in [1.807, 2.05) is 6.92 Å². The summed E-state index contributed by atoms with van der Waals surface area (Å²) in [5, 5.41) is 0. The van der Waals surface area contributed by atoms with Crippen LogP contribution in [0.3, 0.4) is 0 Å². The molecule has 0 rings (SSSR count). The molecule has 0 amide bonds. The Morgan fingerprint density at radius 2 is 1.29 bits per heavy atom. The van der Waals surface area contributed by atoms with E-state index >= 15 is 0 Å². The van der Waals surface area contributed by atoms with Crippen LogP contribution < -0.4 is 0 Å². The Morgan fingerprint density at radius 3 is 1.33 bits per heavy atom. The summed E-state index contributed by atoms with van der Waals surface area (Å²) in [6, 6.07) is 0. The van der Waals surface area contributed by atoms with Crippen molar-refractivity contribution in [3.8, 4) is 0 Å². The monoisotopic (exact) mass is 373 g/mol. The first-order chi connectivity index (χ1) is 9.24. The van der Waals surface area contributed by atoms with Crippen LogP contribution >= 0.6 is 0 Å². The zero-order valence-corrected chi connectivity index (χ0v) is 18.4. The van der Waals surface area contributed by atoms with Crippen molar-refractivity contribution in [2.75, 3.05) is 0 Å². The first-order valence-corrected chi connectivity index (χ1v) is 7.97. The van der Waals surface area contributed by atoms with E-state index in [0.717, 1.165) is 5.92 Å². The molecule has 0 saturated heterocycles. The normalized spacial score (nSPS) is 11.1. The molecule has 21 heavy (non-hydrogen) atoms. The van der Waals surface area contributed by atoms with Crippen molar-refractivity contribution < 1.29 is 42.3 Å². The summed E-state index contributed by atoms with van der Waals surface area (Å²) >= 11 is 0. The molecule has 2 nitrogen and oxygen atoms in total. The van der Waals surface area contributed by atoms with Crippen LogP contribution in [0.4, 0.5) is 0 Å². The SMILES string of the molecule is CCC(C)(C)CC.CCC(C)C.CCC([C-]=O)C[C-]=O.[Y]. The summed E-state index contributed by atoms with van der Waals surface area (Å²) in [6.07, 6.45) is 8.17. The average molecular weight is 373 g/mol. The summed E-state index contributed by atoms with van der Waals surface area (Å²) < 4.78 is 0. The molecule has 0 aromatic carbocycles. The molecule has 0 saturated carbocycles. The topological polar surface area (TPSA) is 34.1 Å². The second-order valence-corrected chi connectivity index (χ2v) is 6.24.